The molecule has 51 valence electrons. The van der Waals surface area contributed by atoms with Crippen LogP contribution in [-0.4, -0.2) is 24.4 Å². The van der Waals surface area contributed by atoms with Crippen molar-refractivity contribution in [1.82, 2.24) is 0 Å². The summed E-state index contributed by atoms with van der Waals surface area (Å²) in [5.74, 6) is 0.0644. The zero-order valence-electron chi connectivity index (χ0n) is 4.94. The van der Waals surface area contributed by atoms with E-state index in [4.69, 9.17) is 5.73 Å². The van der Waals surface area contributed by atoms with Gasteiger partial charge in [0.2, 0.25) is 0 Å². The molecule has 0 atom stereocenters. The van der Waals surface area contributed by atoms with Crippen LogP contribution in [0.15, 0.2) is 9.98 Å². The van der Waals surface area contributed by atoms with Crippen LogP contribution in [0.4, 0.5) is 4.79 Å². The number of hydrogen-bond donors (Lipinski definition) is 1. The highest BCUT2D eigenvalue weighted by atomic mass is 16.2. The van der Waals surface area contributed by atoms with E-state index in [0.717, 1.165) is 6.21 Å². The molecule has 0 aliphatic carbocycles. The minimum absolute atomic E-state index is 0.0741. The molecule has 0 unspecified atom stereocenters. The lowest BCUT2D eigenvalue weighted by molar-refractivity contribution is -0.105. The average Bonchev–Trinajstić information content (AvgIpc) is 1.88. The molecule has 5 heteroatoms. The quantitative estimate of drug-likeness (QED) is 0.487. The molecule has 0 saturated carbocycles. The maximum atomic E-state index is 10.3. The van der Waals surface area contributed by atoms with Crippen molar-refractivity contribution in [2.24, 2.45) is 15.7 Å². The number of aliphatic imine (C=N–C) groups is 2. The van der Waals surface area contributed by atoms with Crippen LogP contribution >= 0.6 is 0 Å². The van der Waals surface area contributed by atoms with E-state index in [1.54, 1.807) is 0 Å². The number of rotatable bonds is 1. The van der Waals surface area contributed by atoms with Crippen molar-refractivity contribution in [1.29, 1.82) is 0 Å². The molecule has 1 heterocycles. The fourth-order valence-electron chi connectivity index (χ4n) is 0.478. The van der Waals surface area contributed by atoms with E-state index in [9.17, 15) is 9.59 Å². The molecular formula is C5H4N3O2. The van der Waals surface area contributed by atoms with Crippen LogP contribution in [0.3, 0.4) is 0 Å². The van der Waals surface area contributed by atoms with E-state index in [0.29, 0.717) is 6.29 Å². The van der Waals surface area contributed by atoms with Gasteiger partial charge in [-0.15, -0.1) is 0 Å². The van der Waals surface area contributed by atoms with Gasteiger partial charge in [-0.2, -0.15) is 4.99 Å². The summed E-state index contributed by atoms with van der Waals surface area (Å²) >= 11 is 0. The second kappa shape index (κ2) is 2.38. The number of amides is 2. The second-order valence-corrected chi connectivity index (χ2v) is 1.61. The Labute approximate surface area is 56.6 Å². The molecule has 0 aromatic carbocycles. The molecule has 0 aromatic heterocycles. The van der Waals surface area contributed by atoms with Gasteiger partial charge >= 0.3 is 6.03 Å². The van der Waals surface area contributed by atoms with Gasteiger partial charge in [-0.25, -0.2) is 9.79 Å². The first-order chi connectivity index (χ1) is 4.74. The molecule has 2 amide bonds. The number of carbonyl (C=O) groups is 2. The molecule has 0 saturated heterocycles. The summed E-state index contributed by atoms with van der Waals surface area (Å²) in [7, 11) is 0. The summed E-state index contributed by atoms with van der Waals surface area (Å²) in [6.07, 6.45) is 1.59. The monoisotopic (exact) mass is 138 g/mol. The number of hydrogen-bond acceptors (Lipinski definition) is 3. The second-order valence-electron chi connectivity index (χ2n) is 1.61. The van der Waals surface area contributed by atoms with Crippen LogP contribution in [-0.2, 0) is 4.79 Å². The molecule has 2 N–H and O–H groups in total. The predicted molar refractivity (Wildman–Crippen MR) is 34.8 cm³/mol. The third-order valence-electron chi connectivity index (χ3n) is 0.953. The third kappa shape index (κ3) is 1.07. The minimum atomic E-state index is -0.678. The Hall–Kier alpha value is -1.52. The Kier molecular flexibility index (Phi) is 1.57. The molecule has 1 rings (SSSR count). The van der Waals surface area contributed by atoms with E-state index in [2.05, 4.69) is 9.98 Å². The van der Waals surface area contributed by atoms with Crippen molar-refractivity contribution in [2.75, 3.05) is 0 Å². The number of urea groups is 1. The van der Waals surface area contributed by atoms with Crippen molar-refractivity contribution in [3.8, 4) is 0 Å². The van der Waals surface area contributed by atoms with Gasteiger partial charge in [0.15, 0.2) is 0 Å². The van der Waals surface area contributed by atoms with E-state index in [1.165, 1.54) is 0 Å². The van der Waals surface area contributed by atoms with Crippen LogP contribution in [0, 0.1) is 5.92 Å². The normalized spacial score (nSPS) is 18.8. The summed E-state index contributed by atoms with van der Waals surface area (Å²) in [5.41, 5.74) is 5.15. The molecule has 1 aliphatic rings. The van der Waals surface area contributed by atoms with Gasteiger partial charge in [-0.05, 0) is 0 Å². The molecule has 0 spiro atoms. The zero-order chi connectivity index (χ0) is 7.56. The maximum Gasteiger partial charge on any atom is 0.368 e. The Morgan fingerprint density at radius 1 is 1.60 bits per heavy atom. The SMILES string of the molecule is NC1=NC(=O)N=C[C]1C=O. The lowest BCUT2D eigenvalue weighted by atomic mass is 10.1. The van der Waals surface area contributed by atoms with E-state index < -0.39 is 6.03 Å². The van der Waals surface area contributed by atoms with Crippen LogP contribution in [0.2, 0.25) is 0 Å². The number of nitrogens with zero attached hydrogens (tertiary/aromatic N) is 2. The average molecular weight is 138 g/mol. The predicted octanol–water partition coefficient (Wildman–Crippen LogP) is -0.679. The summed E-state index contributed by atoms with van der Waals surface area (Å²) in [6.45, 7) is 0. The summed E-state index contributed by atoms with van der Waals surface area (Å²) in [4.78, 5) is 26.9. The van der Waals surface area contributed by atoms with Crippen molar-refractivity contribution >= 4 is 24.4 Å². The molecular weight excluding hydrogens is 134 g/mol. The van der Waals surface area contributed by atoms with Crippen LogP contribution < -0.4 is 5.73 Å². The van der Waals surface area contributed by atoms with Gasteiger partial charge in [0.05, 0.1) is 0 Å². The van der Waals surface area contributed by atoms with E-state index in [1.807, 2.05) is 0 Å². The Morgan fingerprint density at radius 3 is 2.80 bits per heavy atom. The van der Waals surface area contributed by atoms with Gasteiger partial charge in [0.1, 0.15) is 18.0 Å². The molecule has 0 fully saturated rings. The van der Waals surface area contributed by atoms with Crippen LogP contribution in [0.1, 0.15) is 0 Å². The summed E-state index contributed by atoms with van der Waals surface area (Å²) in [6, 6.07) is -0.678. The Morgan fingerprint density at radius 2 is 2.30 bits per heavy atom. The summed E-state index contributed by atoms with van der Waals surface area (Å²) < 4.78 is 0. The highest BCUT2D eigenvalue weighted by Crippen LogP contribution is 1.99. The van der Waals surface area contributed by atoms with Gasteiger partial charge in [0.25, 0.3) is 0 Å². The zero-order valence-corrected chi connectivity index (χ0v) is 4.94. The fourth-order valence-corrected chi connectivity index (χ4v) is 0.478. The number of carbonyl (C=O) groups excluding carboxylic acids is 2. The highest BCUT2D eigenvalue weighted by molar-refractivity contribution is 6.29. The highest BCUT2D eigenvalue weighted by Gasteiger charge is 2.16. The van der Waals surface area contributed by atoms with Crippen molar-refractivity contribution in [2.45, 2.75) is 0 Å². The maximum absolute atomic E-state index is 10.3. The lowest BCUT2D eigenvalue weighted by Crippen LogP contribution is -2.27. The molecule has 0 aromatic rings. The van der Waals surface area contributed by atoms with Crippen molar-refractivity contribution in [3.63, 3.8) is 0 Å². The molecule has 5 nitrogen and oxygen atoms in total. The number of aldehydes is 1. The summed E-state index contributed by atoms with van der Waals surface area (Å²) in [5, 5.41) is 0. The lowest BCUT2D eigenvalue weighted by Gasteiger charge is -2.03. The van der Waals surface area contributed by atoms with Crippen LogP contribution in [0.25, 0.3) is 0 Å². The minimum Gasteiger partial charge on any atom is -0.386 e. The first-order valence-corrected chi connectivity index (χ1v) is 2.48. The first-order valence-electron chi connectivity index (χ1n) is 2.48. The molecule has 0 bridgehead atoms. The van der Waals surface area contributed by atoms with Gasteiger partial charge in [-0.3, -0.25) is 0 Å². The standard InChI is InChI=1S/C5H4N3O2/c6-4-3(2-9)1-7-5(10)8-4/h1-2H,(H2,6,8,10). The molecule has 1 radical (unpaired) electrons. The van der Waals surface area contributed by atoms with Crippen molar-refractivity contribution in [3.05, 3.63) is 5.92 Å². The van der Waals surface area contributed by atoms with Gasteiger partial charge < -0.3 is 10.5 Å². The largest absolute Gasteiger partial charge is 0.386 e. The smallest absolute Gasteiger partial charge is 0.368 e. The third-order valence-corrected chi connectivity index (χ3v) is 0.953. The Bertz CT molecular complexity index is 231. The first kappa shape index (κ1) is 6.60. The molecule has 1 aliphatic heterocycles. The number of amidine groups is 1. The Balaban J connectivity index is 2.85. The van der Waals surface area contributed by atoms with E-state index >= 15 is 0 Å². The molecule has 10 heavy (non-hydrogen) atoms. The van der Waals surface area contributed by atoms with Crippen molar-refractivity contribution < 1.29 is 9.59 Å². The van der Waals surface area contributed by atoms with Gasteiger partial charge in [-0.1, -0.05) is 0 Å². The van der Waals surface area contributed by atoms with Crippen LogP contribution in [0.5, 0.6) is 0 Å². The number of nitrogens with two attached hydrogens (primary N) is 1. The van der Waals surface area contributed by atoms with Gasteiger partial charge in [0, 0.05) is 6.21 Å². The topological polar surface area (TPSA) is 84.9 Å². The van der Waals surface area contributed by atoms with E-state index in [-0.39, 0.29) is 11.8 Å². The fraction of sp³-hybridized carbons (Fsp3) is 0.